The maximum Gasteiger partial charge on any atom is 1.41 e. The van der Waals surface area contributed by atoms with Crippen LogP contribution < -0.4 is 0 Å². The Morgan fingerprint density at radius 1 is 1.29 bits per heavy atom. The highest BCUT2D eigenvalue weighted by Gasteiger charge is 2.19. The second-order valence-corrected chi connectivity index (χ2v) is 2.27. The normalized spacial score (nSPS) is 7.71. The van der Waals surface area contributed by atoms with Gasteiger partial charge in [0, 0.05) is 6.42 Å². The van der Waals surface area contributed by atoms with E-state index in [0.29, 0.717) is 0 Å². The maximum absolute atomic E-state index is 2.23. The van der Waals surface area contributed by atoms with Crippen LogP contribution in [0.15, 0.2) is 0 Å². The highest BCUT2D eigenvalue weighted by molar-refractivity contribution is 6.08. The summed E-state index contributed by atoms with van der Waals surface area (Å²) in [6, 6.07) is 0. The summed E-state index contributed by atoms with van der Waals surface area (Å²) < 4.78 is 1.38. The van der Waals surface area contributed by atoms with Crippen molar-refractivity contribution >= 4 is 21.7 Å². The SMILES string of the molecule is CCCC[CH2][Mg+2].O. The lowest BCUT2D eigenvalue weighted by molar-refractivity contribution is 0.771. The van der Waals surface area contributed by atoms with Gasteiger partial charge in [0.25, 0.3) is 4.55 Å². The van der Waals surface area contributed by atoms with Gasteiger partial charge >= 0.3 is 21.7 Å². The predicted molar refractivity (Wildman–Crippen MR) is 33.7 cm³/mol. The van der Waals surface area contributed by atoms with Gasteiger partial charge in [-0.3, -0.25) is 0 Å². The molecule has 0 amide bonds. The molecule has 0 aliphatic rings. The van der Waals surface area contributed by atoms with E-state index in [0.717, 1.165) is 0 Å². The first-order chi connectivity index (χ1) is 2.91. The third-order valence-electron chi connectivity index (χ3n) is 0.854. The lowest BCUT2D eigenvalue weighted by Crippen LogP contribution is -1.69. The van der Waals surface area contributed by atoms with Gasteiger partial charge in [-0.2, -0.15) is 0 Å². The Bertz CT molecular complexity index is 20.0. The van der Waals surface area contributed by atoms with E-state index in [1.54, 1.807) is 0 Å². The van der Waals surface area contributed by atoms with Crippen LogP contribution in [0.5, 0.6) is 0 Å². The summed E-state index contributed by atoms with van der Waals surface area (Å²) in [6.45, 7) is 2.23. The number of hydrogen-bond acceptors (Lipinski definition) is 0. The first-order valence-electron chi connectivity index (χ1n) is 2.71. The molecule has 0 saturated heterocycles. The van der Waals surface area contributed by atoms with Crippen LogP contribution in [0, 0.1) is 0 Å². The van der Waals surface area contributed by atoms with Crippen molar-refractivity contribution in [3.8, 4) is 0 Å². The monoisotopic (exact) mass is 113 g/mol. The Balaban J connectivity index is 0. The molecule has 0 aromatic carbocycles. The molecule has 0 spiro atoms. The molecule has 1 nitrogen and oxygen atoms in total. The summed E-state index contributed by atoms with van der Waals surface area (Å²) in [4.78, 5) is 0. The molecule has 0 rings (SSSR count). The molecule has 0 bridgehead atoms. The molecular formula is C5H13MgO+2. The average Bonchev–Trinajstić information content (AvgIpc) is 1.61. The van der Waals surface area contributed by atoms with Crippen LogP contribution in [0.1, 0.15) is 26.2 Å². The molecule has 0 heterocycles. The van der Waals surface area contributed by atoms with Crippen molar-refractivity contribution in [3.05, 3.63) is 0 Å². The molecule has 0 unspecified atom stereocenters. The fraction of sp³-hybridized carbons (Fsp3) is 1.00. The van der Waals surface area contributed by atoms with Gasteiger partial charge in [-0.25, -0.2) is 0 Å². The Hall–Kier alpha value is 0.726. The Labute approximate surface area is 58.2 Å². The minimum Gasteiger partial charge on any atom is -0.412 e. The summed E-state index contributed by atoms with van der Waals surface area (Å²) in [5.74, 6) is 0. The van der Waals surface area contributed by atoms with Crippen molar-refractivity contribution in [1.29, 1.82) is 0 Å². The molecule has 0 saturated carbocycles. The molecule has 0 aromatic heterocycles. The zero-order chi connectivity index (χ0) is 4.83. The molecule has 0 aliphatic heterocycles. The number of unbranched alkanes of at least 4 members (excludes halogenated alkanes) is 2. The highest BCUT2D eigenvalue weighted by atomic mass is 24.4. The number of hydrogen-bond donors (Lipinski definition) is 0. The first kappa shape index (κ1) is 10.7. The van der Waals surface area contributed by atoms with Gasteiger partial charge in [-0.05, 0) is 6.42 Å². The Morgan fingerprint density at radius 3 is 2.00 bits per heavy atom. The summed E-state index contributed by atoms with van der Waals surface area (Å²) in [5.41, 5.74) is 0. The lowest BCUT2D eigenvalue weighted by Gasteiger charge is -1.77. The Morgan fingerprint density at radius 2 is 1.86 bits per heavy atom. The van der Waals surface area contributed by atoms with Gasteiger partial charge in [0.1, 0.15) is 0 Å². The minimum absolute atomic E-state index is 0. The summed E-state index contributed by atoms with van der Waals surface area (Å²) in [7, 11) is 0. The van der Waals surface area contributed by atoms with Crippen LogP contribution in [0.25, 0.3) is 0 Å². The molecule has 0 aliphatic carbocycles. The van der Waals surface area contributed by atoms with Gasteiger partial charge in [0.05, 0.1) is 0 Å². The summed E-state index contributed by atoms with van der Waals surface area (Å²) >= 11 is 2.07. The Kier molecular flexibility index (Phi) is 15.0. The number of rotatable bonds is 3. The molecule has 2 heteroatoms. The van der Waals surface area contributed by atoms with E-state index in [1.807, 2.05) is 0 Å². The third-order valence-corrected chi connectivity index (χ3v) is 1.35. The van der Waals surface area contributed by atoms with Crippen LogP contribution in [-0.4, -0.2) is 27.2 Å². The second kappa shape index (κ2) is 9.87. The van der Waals surface area contributed by atoms with Crippen LogP contribution in [0.3, 0.4) is 0 Å². The molecule has 0 atom stereocenters. The van der Waals surface area contributed by atoms with Crippen molar-refractivity contribution in [2.75, 3.05) is 0 Å². The van der Waals surface area contributed by atoms with Gasteiger partial charge in [-0.15, -0.1) is 0 Å². The van der Waals surface area contributed by atoms with Crippen LogP contribution in [0.4, 0.5) is 0 Å². The van der Waals surface area contributed by atoms with Crippen molar-refractivity contribution in [1.82, 2.24) is 0 Å². The van der Waals surface area contributed by atoms with Crippen LogP contribution >= 0.6 is 0 Å². The van der Waals surface area contributed by atoms with Crippen molar-refractivity contribution in [3.63, 3.8) is 0 Å². The molecule has 7 radical (unpaired) electrons. The topological polar surface area (TPSA) is 31.5 Å². The summed E-state index contributed by atoms with van der Waals surface area (Å²) in [5, 5.41) is 0. The van der Waals surface area contributed by atoms with E-state index in [9.17, 15) is 0 Å². The van der Waals surface area contributed by atoms with Crippen LogP contribution in [-0.2, 0) is 0 Å². The van der Waals surface area contributed by atoms with Gasteiger partial charge < -0.3 is 5.48 Å². The predicted octanol–water partition coefficient (Wildman–Crippen LogP) is 0.939. The zero-order valence-electron chi connectivity index (χ0n) is 5.04. The quantitative estimate of drug-likeness (QED) is 0.385. The van der Waals surface area contributed by atoms with Gasteiger partial charge in [-0.1, -0.05) is 13.3 Å². The molecule has 0 aromatic rings. The fourth-order valence-electron chi connectivity index (χ4n) is 0.427. The maximum atomic E-state index is 2.23. The van der Waals surface area contributed by atoms with E-state index >= 15 is 0 Å². The van der Waals surface area contributed by atoms with E-state index in [-0.39, 0.29) is 5.48 Å². The smallest absolute Gasteiger partial charge is 0.412 e. The molecule has 39 valence electrons. The van der Waals surface area contributed by atoms with Crippen molar-refractivity contribution in [2.24, 2.45) is 0 Å². The van der Waals surface area contributed by atoms with E-state index in [1.165, 1.54) is 23.8 Å². The molecular weight excluding hydrogens is 100 g/mol. The second-order valence-electron chi connectivity index (χ2n) is 1.56. The zero-order valence-corrected chi connectivity index (χ0v) is 6.45. The van der Waals surface area contributed by atoms with Gasteiger partial charge in [0.2, 0.25) is 0 Å². The minimum atomic E-state index is 0. The molecule has 0 fully saturated rings. The van der Waals surface area contributed by atoms with E-state index in [2.05, 4.69) is 28.6 Å². The highest BCUT2D eigenvalue weighted by Crippen LogP contribution is 1.94. The fourth-order valence-corrected chi connectivity index (χ4v) is 0.780. The van der Waals surface area contributed by atoms with Gasteiger partial charge in [0.15, 0.2) is 0 Å². The van der Waals surface area contributed by atoms with Crippen molar-refractivity contribution in [2.45, 2.75) is 30.7 Å². The van der Waals surface area contributed by atoms with E-state index in [4.69, 9.17) is 0 Å². The summed E-state index contributed by atoms with van der Waals surface area (Å²) in [6.07, 6.45) is 4.21. The van der Waals surface area contributed by atoms with Crippen LogP contribution in [0.2, 0.25) is 4.55 Å². The third kappa shape index (κ3) is 10.8. The molecule has 7 heavy (non-hydrogen) atoms. The largest absolute Gasteiger partial charge is 1.41 e. The molecule has 2 N–H and O–H groups in total. The lowest BCUT2D eigenvalue weighted by atomic mass is 10.3. The average molecular weight is 113 g/mol. The van der Waals surface area contributed by atoms with Crippen molar-refractivity contribution < 1.29 is 5.48 Å². The first-order valence-corrected chi connectivity index (χ1v) is 3.71. The standard InChI is InChI=1S/C5H11.Mg.H2O/c1-3-5-4-2;;/h1,3-5H2,2H3;;1H2/q;+2;. The van der Waals surface area contributed by atoms with E-state index < -0.39 is 0 Å².